The molecule has 1 saturated heterocycles. The standard InChI is InChI=1S/C8H13NO3S.Na/c10-7(11)8(1-2-8)9-3-4-12-6(13)5-9;/h6,13H,1-5H2,(H,10,11);/q;+1/p-1. The summed E-state index contributed by atoms with van der Waals surface area (Å²) < 4.78 is 5.22. The summed E-state index contributed by atoms with van der Waals surface area (Å²) in [5.41, 5.74) is -0.851. The van der Waals surface area contributed by atoms with Gasteiger partial charge in [-0.05, 0) is 12.8 Å². The van der Waals surface area contributed by atoms with Crippen molar-refractivity contribution in [2.24, 2.45) is 0 Å². The first-order chi connectivity index (χ1) is 6.15. The van der Waals surface area contributed by atoms with Crippen molar-refractivity contribution in [3.63, 3.8) is 0 Å². The summed E-state index contributed by atoms with van der Waals surface area (Å²) in [7, 11) is 0. The fourth-order valence-corrected chi connectivity index (χ4v) is 2.09. The van der Waals surface area contributed by atoms with Crippen molar-refractivity contribution in [2.75, 3.05) is 19.7 Å². The minimum Gasteiger partial charge on any atom is -0.548 e. The van der Waals surface area contributed by atoms with Gasteiger partial charge in [-0.15, -0.1) is 12.6 Å². The predicted octanol–water partition coefficient (Wildman–Crippen LogP) is -4.14. The summed E-state index contributed by atoms with van der Waals surface area (Å²) >= 11 is 4.17. The second kappa shape index (κ2) is 4.72. The topological polar surface area (TPSA) is 52.6 Å². The van der Waals surface area contributed by atoms with Gasteiger partial charge in [0.05, 0.1) is 18.1 Å². The Hall–Kier alpha value is 0.740. The number of carbonyl (C=O) groups excluding carboxylic acids is 1. The number of thiol groups is 1. The maximum absolute atomic E-state index is 10.9. The number of carbonyl (C=O) groups is 1. The molecule has 6 heteroatoms. The smallest absolute Gasteiger partial charge is 0.548 e. The van der Waals surface area contributed by atoms with Crippen molar-refractivity contribution in [2.45, 2.75) is 23.8 Å². The summed E-state index contributed by atoms with van der Waals surface area (Å²) in [5.74, 6) is -0.949. The van der Waals surface area contributed by atoms with Gasteiger partial charge in [0, 0.05) is 13.1 Å². The number of rotatable bonds is 2. The van der Waals surface area contributed by atoms with Crippen LogP contribution in [0.4, 0.5) is 0 Å². The van der Waals surface area contributed by atoms with Crippen LogP contribution in [0, 0.1) is 0 Å². The van der Waals surface area contributed by atoms with E-state index in [0.29, 0.717) is 32.5 Å². The van der Waals surface area contributed by atoms with E-state index in [-0.39, 0.29) is 35.0 Å². The Morgan fingerprint density at radius 1 is 1.57 bits per heavy atom. The van der Waals surface area contributed by atoms with E-state index in [1.54, 1.807) is 0 Å². The molecule has 1 unspecified atom stereocenters. The Morgan fingerprint density at radius 3 is 2.64 bits per heavy atom. The minimum atomic E-state index is -0.949. The Kier molecular flexibility index (Phi) is 4.32. The van der Waals surface area contributed by atoms with E-state index in [1.165, 1.54) is 0 Å². The molecule has 2 fully saturated rings. The molecule has 1 heterocycles. The molecule has 14 heavy (non-hydrogen) atoms. The number of carboxylic acids is 1. The van der Waals surface area contributed by atoms with Crippen molar-refractivity contribution >= 4 is 18.6 Å². The van der Waals surface area contributed by atoms with E-state index < -0.39 is 11.5 Å². The third-order valence-electron chi connectivity index (χ3n) is 2.76. The van der Waals surface area contributed by atoms with Crippen LogP contribution in [-0.2, 0) is 9.53 Å². The summed E-state index contributed by atoms with van der Waals surface area (Å²) in [5, 5.41) is 10.9. The Morgan fingerprint density at radius 2 is 2.21 bits per heavy atom. The van der Waals surface area contributed by atoms with Crippen molar-refractivity contribution < 1.29 is 44.2 Å². The molecule has 0 aromatic carbocycles. The first-order valence-corrected chi connectivity index (χ1v) is 4.93. The number of morpholine rings is 1. The van der Waals surface area contributed by atoms with E-state index in [2.05, 4.69) is 12.6 Å². The maximum Gasteiger partial charge on any atom is 1.00 e. The van der Waals surface area contributed by atoms with Crippen LogP contribution in [0.25, 0.3) is 0 Å². The number of ether oxygens (including phenoxy) is 1. The molecule has 0 radical (unpaired) electrons. The number of aliphatic carboxylic acids is 1. The average molecular weight is 225 g/mol. The van der Waals surface area contributed by atoms with Crippen LogP contribution in [0.3, 0.4) is 0 Å². The van der Waals surface area contributed by atoms with Gasteiger partial charge >= 0.3 is 29.6 Å². The second-order valence-corrected chi connectivity index (χ2v) is 4.17. The fourth-order valence-electron chi connectivity index (χ4n) is 1.79. The van der Waals surface area contributed by atoms with Crippen LogP contribution in [0.1, 0.15) is 12.8 Å². The molecule has 0 N–H and O–H groups in total. The molecule has 2 rings (SSSR count). The molecule has 1 atom stereocenters. The quantitative estimate of drug-likeness (QED) is 0.383. The van der Waals surface area contributed by atoms with Gasteiger partial charge in [0.15, 0.2) is 0 Å². The van der Waals surface area contributed by atoms with Crippen molar-refractivity contribution in [3.05, 3.63) is 0 Å². The van der Waals surface area contributed by atoms with Gasteiger partial charge in [0.25, 0.3) is 0 Å². The molecule has 74 valence electrons. The number of carboxylic acid groups (broad SMARTS) is 1. The van der Waals surface area contributed by atoms with Gasteiger partial charge in [0.2, 0.25) is 0 Å². The van der Waals surface area contributed by atoms with E-state index in [4.69, 9.17) is 4.74 Å². The Balaban J connectivity index is 0.000000980. The normalized spacial score (nSPS) is 30.5. The Bertz CT molecular complexity index is 235. The van der Waals surface area contributed by atoms with Crippen LogP contribution in [0.15, 0.2) is 0 Å². The summed E-state index contributed by atoms with van der Waals surface area (Å²) in [6, 6.07) is 0. The van der Waals surface area contributed by atoms with Crippen LogP contribution in [-0.4, -0.2) is 41.5 Å². The van der Waals surface area contributed by atoms with Gasteiger partial charge < -0.3 is 14.6 Å². The first-order valence-electron chi connectivity index (χ1n) is 4.41. The molecular weight excluding hydrogens is 213 g/mol. The third kappa shape index (κ3) is 2.28. The maximum atomic E-state index is 10.9. The number of hydrogen-bond donors (Lipinski definition) is 1. The molecule has 0 spiro atoms. The Labute approximate surface area is 111 Å². The van der Waals surface area contributed by atoms with Gasteiger partial charge in [0.1, 0.15) is 5.44 Å². The van der Waals surface area contributed by atoms with Gasteiger partial charge in [-0.2, -0.15) is 0 Å². The van der Waals surface area contributed by atoms with E-state index in [9.17, 15) is 9.90 Å². The van der Waals surface area contributed by atoms with Gasteiger partial charge in [-0.25, -0.2) is 0 Å². The molecule has 2 aliphatic rings. The fraction of sp³-hybridized carbons (Fsp3) is 0.875. The molecule has 1 aliphatic heterocycles. The summed E-state index contributed by atoms with van der Waals surface area (Å²) in [6.07, 6.45) is 1.41. The zero-order valence-electron chi connectivity index (χ0n) is 8.23. The minimum absolute atomic E-state index is 0. The predicted molar refractivity (Wildman–Crippen MR) is 47.3 cm³/mol. The molecule has 0 aromatic heterocycles. The van der Waals surface area contributed by atoms with Gasteiger partial charge in [-0.3, -0.25) is 4.90 Å². The van der Waals surface area contributed by atoms with Crippen LogP contribution in [0.5, 0.6) is 0 Å². The van der Waals surface area contributed by atoms with Crippen molar-refractivity contribution in [1.82, 2.24) is 4.90 Å². The zero-order chi connectivity index (χ0) is 9.47. The van der Waals surface area contributed by atoms with Gasteiger partial charge in [-0.1, -0.05) is 0 Å². The SMILES string of the molecule is O=C([O-])C1(N2CCOC(S)C2)CC1.[Na+]. The summed E-state index contributed by atoms with van der Waals surface area (Å²) in [6.45, 7) is 1.81. The van der Waals surface area contributed by atoms with Crippen LogP contribution >= 0.6 is 12.6 Å². The second-order valence-electron chi connectivity index (χ2n) is 3.59. The zero-order valence-corrected chi connectivity index (χ0v) is 11.1. The molecule has 0 bridgehead atoms. The molecule has 0 amide bonds. The third-order valence-corrected chi connectivity index (χ3v) is 3.07. The monoisotopic (exact) mass is 225 g/mol. The number of nitrogens with zero attached hydrogens (tertiary/aromatic N) is 1. The van der Waals surface area contributed by atoms with Crippen molar-refractivity contribution in [1.29, 1.82) is 0 Å². The van der Waals surface area contributed by atoms with E-state index >= 15 is 0 Å². The molecule has 4 nitrogen and oxygen atoms in total. The molecule has 1 aliphatic carbocycles. The molecule has 1 saturated carbocycles. The molecule has 0 aromatic rings. The average Bonchev–Trinajstić information content (AvgIpc) is 2.83. The number of hydrogen-bond acceptors (Lipinski definition) is 5. The van der Waals surface area contributed by atoms with Crippen LogP contribution in [0.2, 0.25) is 0 Å². The largest absolute Gasteiger partial charge is 1.00 e. The van der Waals surface area contributed by atoms with E-state index in [0.717, 1.165) is 0 Å². The van der Waals surface area contributed by atoms with Crippen LogP contribution < -0.4 is 34.7 Å². The summed E-state index contributed by atoms with van der Waals surface area (Å²) in [4.78, 5) is 12.8. The first kappa shape index (κ1) is 12.8. The van der Waals surface area contributed by atoms with E-state index in [1.807, 2.05) is 4.90 Å². The van der Waals surface area contributed by atoms with Crippen molar-refractivity contribution in [3.8, 4) is 0 Å². The molecular formula is C8H12NNaO3S.